The summed E-state index contributed by atoms with van der Waals surface area (Å²) in [6, 6.07) is 5.22. The lowest BCUT2D eigenvalue weighted by atomic mass is 10.1. The molecule has 1 aromatic carbocycles. The van der Waals surface area contributed by atoms with Gasteiger partial charge in [0.2, 0.25) is 5.91 Å². The number of rotatable bonds is 4. The van der Waals surface area contributed by atoms with Gasteiger partial charge in [-0.2, -0.15) is 0 Å². The first-order valence-corrected chi connectivity index (χ1v) is 6.08. The lowest BCUT2D eigenvalue weighted by Gasteiger charge is -2.26. The summed E-state index contributed by atoms with van der Waals surface area (Å²) in [6.07, 6.45) is 0. The molecule has 0 radical (unpaired) electrons. The summed E-state index contributed by atoms with van der Waals surface area (Å²) in [6.45, 7) is 2.24. The Hall–Kier alpha value is -0.770. The van der Waals surface area contributed by atoms with Gasteiger partial charge in [-0.1, -0.05) is 29.3 Å². The summed E-state index contributed by atoms with van der Waals surface area (Å²) in [7, 11) is 3.50. The van der Waals surface area contributed by atoms with Crippen molar-refractivity contribution in [3.05, 3.63) is 33.8 Å². The monoisotopic (exact) mass is 274 g/mol. The third kappa shape index (κ3) is 3.60. The summed E-state index contributed by atoms with van der Waals surface area (Å²) in [5.74, 6) is 0.0195. The second-order valence-corrected chi connectivity index (χ2v) is 4.72. The van der Waals surface area contributed by atoms with Gasteiger partial charge in [0, 0.05) is 17.1 Å². The summed E-state index contributed by atoms with van der Waals surface area (Å²) in [5, 5.41) is 4.00. The number of nitrogens with zero attached hydrogens (tertiary/aromatic N) is 1. The fourth-order valence-electron chi connectivity index (χ4n) is 1.54. The third-order valence-corrected chi connectivity index (χ3v) is 3.28. The van der Waals surface area contributed by atoms with E-state index in [-0.39, 0.29) is 11.9 Å². The molecule has 0 aliphatic carbocycles. The van der Waals surface area contributed by atoms with Gasteiger partial charge in [0.15, 0.2) is 0 Å². The fourth-order valence-corrected chi connectivity index (χ4v) is 2.11. The zero-order chi connectivity index (χ0) is 13.0. The molecule has 1 unspecified atom stereocenters. The molecule has 0 fully saturated rings. The number of hydrogen-bond donors (Lipinski definition) is 1. The molecule has 1 rings (SSSR count). The Kier molecular flexibility index (Phi) is 5.25. The quantitative estimate of drug-likeness (QED) is 0.916. The van der Waals surface area contributed by atoms with E-state index < -0.39 is 0 Å². The van der Waals surface area contributed by atoms with Crippen LogP contribution in [0.4, 0.5) is 0 Å². The van der Waals surface area contributed by atoms with Gasteiger partial charge in [0.05, 0.1) is 12.6 Å². The first-order valence-electron chi connectivity index (χ1n) is 5.32. The highest BCUT2D eigenvalue weighted by Gasteiger charge is 2.18. The molecule has 0 bridgehead atoms. The van der Waals surface area contributed by atoms with Crippen LogP contribution in [0, 0.1) is 0 Å². The Labute approximate surface area is 112 Å². The van der Waals surface area contributed by atoms with Gasteiger partial charge in [-0.3, -0.25) is 4.79 Å². The lowest BCUT2D eigenvalue weighted by Crippen LogP contribution is -2.36. The van der Waals surface area contributed by atoms with Crippen molar-refractivity contribution >= 4 is 29.1 Å². The maximum absolute atomic E-state index is 11.7. The average Bonchev–Trinajstić information content (AvgIpc) is 2.27. The highest BCUT2D eigenvalue weighted by Crippen LogP contribution is 2.28. The number of carbonyl (C=O) groups excluding carboxylic acids is 1. The third-order valence-electron chi connectivity index (χ3n) is 2.71. The molecule has 1 amide bonds. The van der Waals surface area contributed by atoms with Crippen LogP contribution in [0.15, 0.2) is 18.2 Å². The van der Waals surface area contributed by atoms with E-state index in [1.165, 1.54) is 0 Å². The number of amides is 1. The van der Waals surface area contributed by atoms with Gasteiger partial charge in [-0.25, -0.2) is 0 Å². The van der Waals surface area contributed by atoms with E-state index in [0.717, 1.165) is 5.56 Å². The van der Waals surface area contributed by atoms with Crippen molar-refractivity contribution in [1.29, 1.82) is 0 Å². The number of likely N-dealkylation sites (N-methyl/N-ethyl adjacent to an activating group) is 2. The number of hydrogen-bond acceptors (Lipinski definition) is 2. The molecular weight excluding hydrogens is 259 g/mol. The number of nitrogens with one attached hydrogen (secondary N) is 1. The highest BCUT2D eigenvalue weighted by molar-refractivity contribution is 6.35. The Morgan fingerprint density at radius 2 is 2.12 bits per heavy atom. The van der Waals surface area contributed by atoms with Crippen LogP contribution in [-0.2, 0) is 4.79 Å². The zero-order valence-corrected chi connectivity index (χ0v) is 11.6. The Bertz CT molecular complexity index is 409. The topological polar surface area (TPSA) is 32.3 Å². The smallest absolute Gasteiger partial charge is 0.236 e. The first-order chi connectivity index (χ1) is 7.97. The van der Waals surface area contributed by atoms with Crippen molar-refractivity contribution in [3.8, 4) is 0 Å². The maximum atomic E-state index is 11.7. The molecule has 0 spiro atoms. The predicted molar refractivity (Wildman–Crippen MR) is 71.6 cm³/mol. The highest BCUT2D eigenvalue weighted by atomic mass is 35.5. The molecule has 0 aliphatic heterocycles. The van der Waals surface area contributed by atoms with Crippen molar-refractivity contribution in [2.24, 2.45) is 0 Å². The van der Waals surface area contributed by atoms with Crippen molar-refractivity contribution in [3.63, 3.8) is 0 Å². The van der Waals surface area contributed by atoms with Crippen LogP contribution in [0.1, 0.15) is 18.5 Å². The summed E-state index contributed by atoms with van der Waals surface area (Å²) < 4.78 is 0. The largest absolute Gasteiger partial charge is 0.338 e. The van der Waals surface area contributed by atoms with E-state index in [9.17, 15) is 4.79 Å². The molecule has 1 N–H and O–H groups in total. The van der Waals surface area contributed by atoms with Crippen LogP contribution in [0.2, 0.25) is 10.0 Å². The van der Waals surface area contributed by atoms with Crippen molar-refractivity contribution < 1.29 is 4.79 Å². The van der Waals surface area contributed by atoms with Gasteiger partial charge in [0.25, 0.3) is 0 Å². The molecule has 1 atom stereocenters. The molecule has 94 valence electrons. The van der Waals surface area contributed by atoms with Gasteiger partial charge in [0.1, 0.15) is 0 Å². The Morgan fingerprint density at radius 3 is 2.65 bits per heavy atom. The van der Waals surface area contributed by atoms with Crippen LogP contribution in [0.25, 0.3) is 0 Å². The first kappa shape index (κ1) is 14.3. The molecule has 1 aromatic rings. The van der Waals surface area contributed by atoms with Gasteiger partial charge < -0.3 is 10.2 Å². The van der Waals surface area contributed by atoms with E-state index in [1.54, 1.807) is 31.1 Å². The normalized spacial score (nSPS) is 12.3. The number of benzene rings is 1. The van der Waals surface area contributed by atoms with Gasteiger partial charge >= 0.3 is 0 Å². The standard InChI is InChI=1S/C12H16Cl2N2O/c1-8(16(3)12(17)7-15-2)10-5-4-9(13)6-11(10)14/h4-6,8,15H,7H2,1-3H3. The predicted octanol–water partition coefficient (Wildman–Crippen LogP) is 2.73. The average molecular weight is 275 g/mol. The maximum Gasteiger partial charge on any atom is 0.236 e. The summed E-state index contributed by atoms with van der Waals surface area (Å²) >= 11 is 12.0. The van der Waals surface area contributed by atoms with Crippen LogP contribution >= 0.6 is 23.2 Å². The van der Waals surface area contributed by atoms with E-state index in [0.29, 0.717) is 16.6 Å². The second kappa shape index (κ2) is 6.24. The van der Waals surface area contributed by atoms with E-state index in [2.05, 4.69) is 5.32 Å². The van der Waals surface area contributed by atoms with Crippen molar-refractivity contribution in [1.82, 2.24) is 10.2 Å². The van der Waals surface area contributed by atoms with E-state index in [1.807, 2.05) is 13.0 Å². The number of carbonyl (C=O) groups is 1. The minimum Gasteiger partial charge on any atom is -0.338 e. The molecule has 0 aromatic heterocycles. The summed E-state index contributed by atoms with van der Waals surface area (Å²) in [5.41, 5.74) is 0.892. The Morgan fingerprint density at radius 1 is 1.47 bits per heavy atom. The SMILES string of the molecule is CNCC(=O)N(C)C(C)c1ccc(Cl)cc1Cl. The number of halogens is 2. The fraction of sp³-hybridized carbons (Fsp3) is 0.417. The summed E-state index contributed by atoms with van der Waals surface area (Å²) in [4.78, 5) is 13.4. The van der Waals surface area contributed by atoms with Crippen LogP contribution in [0.3, 0.4) is 0 Å². The zero-order valence-electron chi connectivity index (χ0n) is 10.1. The van der Waals surface area contributed by atoms with Crippen LogP contribution in [0.5, 0.6) is 0 Å². The van der Waals surface area contributed by atoms with Gasteiger partial charge in [-0.05, 0) is 31.7 Å². The van der Waals surface area contributed by atoms with E-state index in [4.69, 9.17) is 23.2 Å². The molecule has 5 heteroatoms. The molecule has 3 nitrogen and oxygen atoms in total. The second-order valence-electron chi connectivity index (χ2n) is 3.88. The molecule has 0 aliphatic rings. The van der Waals surface area contributed by atoms with E-state index >= 15 is 0 Å². The van der Waals surface area contributed by atoms with Crippen molar-refractivity contribution in [2.75, 3.05) is 20.6 Å². The molecule has 17 heavy (non-hydrogen) atoms. The lowest BCUT2D eigenvalue weighted by molar-refractivity contribution is -0.130. The van der Waals surface area contributed by atoms with Gasteiger partial charge in [-0.15, -0.1) is 0 Å². The minimum absolute atomic E-state index is 0.0195. The van der Waals surface area contributed by atoms with Crippen molar-refractivity contribution in [2.45, 2.75) is 13.0 Å². The minimum atomic E-state index is -0.0828. The van der Waals surface area contributed by atoms with Crippen LogP contribution < -0.4 is 5.32 Å². The molecule has 0 heterocycles. The molecule has 0 saturated carbocycles. The van der Waals surface area contributed by atoms with Crippen LogP contribution in [-0.4, -0.2) is 31.4 Å². The molecule has 0 saturated heterocycles. The molecular formula is C12H16Cl2N2O. The Balaban J connectivity index is 2.88.